The van der Waals surface area contributed by atoms with E-state index >= 15 is 0 Å². The third-order valence-corrected chi connectivity index (χ3v) is 0.968. The Bertz CT molecular complexity index is 160. The van der Waals surface area contributed by atoms with Crippen molar-refractivity contribution in [3.05, 3.63) is 12.2 Å². The molecule has 0 aliphatic carbocycles. The Labute approximate surface area is 73.3 Å². The van der Waals surface area contributed by atoms with Crippen LogP contribution in [-0.2, 0) is 4.79 Å². The zero-order valence-corrected chi connectivity index (χ0v) is 7.94. The third-order valence-electron chi connectivity index (χ3n) is 0.968. The van der Waals surface area contributed by atoms with E-state index in [4.69, 9.17) is 5.11 Å². The molecule has 0 spiro atoms. The van der Waals surface area contributed by atoms with Crippen molar-refractivity contribution in [2.24, 2.45) is 0 Å². The van der Waals surface area contributed by atoms with Crippen molar-refractivity contribution >= 4 is 18.4 Å². The first kappa shape index (κ1) is 13.1. The molecule has 0 aliphatic rings. The van der Waals surface area contributed by atoms with Gasteiger partial charge in [0.15, 0.2) is 0 Å². The summed E-state index contributed by atoms with van der Waals surface area (Å²) in [5.74, 6) is -0.909. The molecule has 0 bridgehead atoms. The molecule has 0 aromatic rings. The van der Waals surface area contributed by atoms with Crippen molar-refractivity contribution in [3.63, 3.8) is 0 Å². The Morgan fingerprint density at radius 3 is 1.91 bits per heavy atom. The number of carboxylic acid groups (broad SMARTS) is 1. The Morgan fingerprint density at radius 2 is 1.82 bits per heavy atom. The number of carboxylic acids is 1. The highest BCUT2D eigenvalue weighted by molar-refractivity contribution is 5.86. The SMILES string of the molecule is C=C(C[N+](C)(C)C)C(=O)O.Cl. The van der Waals surface area contributed by atoms with E-state index in [0.29, 0.717) is 11.0 Å². The number of hydrogen-bond acceptors (Lipinski definition) is 1. The normalized spacial score (nSPS) is 10.1. The summed E-state index contributed by atoms with van der Waals surface area (Å²) in [5, 5.41) is 8.44. The molecule has 0 heterocycles. The third kappa shape index (κ3) is 7.36. The molecule has 0 aliphatic heterocycles. The van der Waals surface area contributed by atoms with Gasteiger partial charge in [0.2, 0.25) is 0 Å². The predicted octanol–water partition coefficient (Wildman–Crippen LogP) is 0.755. The molecule has 0 rings (SSSR count). The van der Waals surface area contributed by atoms with Gasteiger partial charge in [-0.05, 0) is 0 Å². The van der Waals surface area contributed by atoms with Crippen molar-refractivity contribution in [3.8, 4) is 0 Å². The number of likely N-dealkylation sites (N-methyl/N-ethyl adjacent to an activating group) is 1. The molecular formula is C7H15ClNO2+. The van der Waals surface area contributed by atoms with Gasteiger partial charge >= 0.3 is 5.97 Å². The summed E-state index contributed by atoms with van der Waals surface area (Å²) in [6, 6.07) is 0. The van der Waals surface area contributed by atoms with Gasteiger partial charge in [-0.15, -0.1) is 12.4 Å². The summed E-state index contributed by atoms with van der Waals surface area (Å²) >= 11 is 0. The molecule has 0 aromatic carbocycles. The molecule has 0 saturated carbocycles. The lowest BCUT2D eigenvalue weighted by molar-refractivity contribution is -0.865. The summed E-state index contributed by atoms with van der Waals surface area (Å²) in [6.07, 6.45) is 0. The maximum Gasteiger partial charge on any atom is 0.336 e. The zero-order chi connectivity index (χ0) is 8.36. The van der Waals surface area contributed by atoms with Gasteiger partial charge in [-0.3, -0.25) is 0 Å². The summed E-state index contributed by atoms with van der Waals surface area (Å²) in [7, 11) is 5.77. The molecule has 3 nitrogen and oxygen atoms in total. The van der Waals surface area contributed by atoms with Gasteiger partial charge in [0.05, 0.1) is 26.7 Å². The summed E-state index contributed by atoms with van der Waals surface area (Å²) < 4.78 is 0.602. The molecule has 11 heavy (non-hydrogen) atoms. The van der Waals surface area contributed by atoms with Crippen molar-refractivity contribution < 1.29 is 14.4 Å². The van der Waals surface area contributed by atoms with Gasteiger partial charge in [0.25, 0.3) is 0 Å². The van der Waals surface area contributed by atoms with Crippen LogP contribution >= 0.6 is 12.4 Å². The number of aliphatic carboxylic acids is 1. The Hall–Kier alpha value is -0.540. The highest BCUT2D eigenvalue weighted by atomic mass is 35.5. The van der Waals surface area contributed by atoms with Crippen molar-refractivity contribution in [2.75, 3.05) is 27.7 Å². The molecule has 0 fully saturated rings. The smallest absolute Gasteiger partial charge is 0.336 e. The van der Waals surface area contributed by atoms with Crippen molar-refractivity contribution in [1.29, 1.82) is 0 Å². The average molecular weight is 181 g/mol. The van der Waals surface area contributed by atoms with E-state index < -0.39 is 5.97 Å². The van der Waals surface area contributed by atoms with E-state index in [1.54, 1.807) is 0 Å². The number of carbonyl (C=O) groups is 1. The molecular weight excluding hydrogens is 166 g/mol. The highest BCUT2D eigenvalue weighted by Crippen LogP contribution is 1.98. The van der Waals surface area contributed by atoms with E-state index in [9.17, 15) is 4.79 Å². The molecule has 0 unspecified atom stereocenters. The van der Waals surface area contributed by atoms with E-state index in [0.717, 1.165) is 0 Å². The number of rotatable bonds is 3. The van der Waals surface area contributed by atoms with E-state index in [1.165, 1.54) is 0 Å². The first-order valence-electron chi connectivity index (χ1n) is 3.04. The van der Waals surface area contributed by atoms with Crippen LogP contribution in [0.15, 0.2) is 12.2 Å². The second-order valence-corrected chi connectivity index (χ2v) is 3.36. The van der Waals surface area contributed by atoms with Crippen LogP contribution in [-0.4, -0.2) is 43.2 Å². The lowest BCUT2D eigenvalue weighted by Crippen LogP contribution is -2.37. The van der Waals surface area contributed by atoms with E-state index in [1.807, 2.05) is 21.1 Å². The minimum Gasteiger partial charge on any atom is -0.478 e. The Balaban J connectivity index is 0. The van der Waals surface area contributed by atoms with Crippen molar-refractivity contribution in [1.82, 2.24) is 0 Å². The van der Waals surface area contributed by atoms with Crippen LogP contribution in [0.1, 0.15) is 0 Å². The molecule has 0 aromatic heterocycles. The average Bonchev–Trinajstić information content (AvgIpc) is 1.60. The monoisotopic (exact) mass is 180 g/mol. The molecule has 0 saturated heterocycles. The first-order valence-corrected chi connectivity index (χ1v) is 3.04. The summed E-state index contributed by atoms with van der Waals surface area (Å²) in [4.78, 5) is 10.3. The van der Waals surface area contributed by atoms with Crippen LogP contribution in [0.25, 0.3) is 0 Å². The lowest BCUT2D eigenvalue weighted by atomic mass is 10.3. The summed E-state index contributed by atoms with van der Waals surface area (Å²) in [6.45, 7) is 3.91. The minimum absolute atomic E-state index is 0. The van der Waals surface area contributed by atoms with Gasteiger partial charge in [-0.2, -0.15) is 0 Å². The number of hydrogen-bond donors (Lipinski definition) is 1. The maximum atomic E-state index is 10.3. The topological polar surface area (TPSA) is 37.3 Å². The second kappa shape index (κ2) is 4.36. The first-order chi connectivity index (χ1) is 4.33. The van der Waals surface area contributed by atoms with Gasteiger partial charge in [-0.25, -0.2) is 4.79 Å². The van der Waals surface area contributed by atoms with Gasteiger partial charge < -0.3 is 9.59 Å². The fourth-order valence-corrected chi connectivity index (χ4v) is 0.640. The van der Waals surface area contributed by atoms with E-state index in [-0.39, 0.29) is 18.0 Å². The van der Waals surface area contributed by atoms with Crippen LogP contribution in [0.3, 0.4) is 0 Å². The molecule has 0 atom stereocenters. The molecule has 4 heteroatoms. The Kier molecular flexibility index (Phi) is 5.19. The van der Waals surface area contributed by atoms with Crippen LogP contribution in [0, 0.1) is 0 Å². The lowest BCUT2D eigenvalue weighted by Gasteiger charge is -2.23. The number of nitrogens with zero attached hydrogens (tertiary/aromatic N) is 1. The number of halogens is 1. The maximum absolute atomic E-state index is 10.3. The highest BCUT2D eigenvalue weighted by Gasteiger charge is 2.13. The van der Waals surface area contributed by atoms with Crippen LogP contribution < -0.4 is 0 Å². The fraction of sp³-hybridized carbons (Fsp3) is 0.571. The van der Waals surface area contributed by atoms with Crippen LogP contribution in [0.4, 0.5) is 0 Å². The molecule has 1 N–H and O–H groups in total. The van der Waals surface area contributed by atoms with Crippen molar-refractivity contribution in [2.45, 2.75) is 0 Å². The largest absolute Gasteiger partial charge is 0.478 e. The quantitative estimate of drug-likeness (QED) is 0.514. The zero-order valence-electron chi connectivity index (χ0n) is 7.13. The predicted molar refractivity (Wildman–Crippen MR) is 46.9 cm³/mol. The van der Waals surface area contributed by atoms with Gasteiger partial charge in [0.1, 0.15) is 6.54 Å². The minimum atomic E-state index is -0.909. The van der Waals surface area contributed by atoms with Crippen LogP contribution in [0.2, 0.25) is 0 Å². The summed E-state index contributed by atoms with van der Waals surface area (Å²) in [5.41, 5.74) is 0.257. The van der Waals surface area contributed by atoms with Gasteiger partial charge in [-0.1, -0.05) is 6.58 Å². The van der Waals surface area contributed by atoms with Gasteiger partial charge in [0, 0.05) is 0 Å². The standard InChI is InChI=1S/C7H13NO2.ClH/c1-6(7(9)10)5-8(2,3)4;/h1,5H2,2-4H3;1H/p+1. The second-order valence-electron chi connectivity index (χ2n) is 3.36. The Morgan fingerprint density at radius 1 is 1.45 bits per heavy atom. The molecule has 66 valence electrons. The molecule has 0 amide bonds. The number of quaternary nitrogens is 1. The van der Waals surface area contributed by atoms with E-state index in [2.05, 4.69) is 6.58 Å². The molecule has 0 radical (unpaired) electrons. The van der Waals surface area contributed by atoms with Crippen LogP contribution in [0.5, 0.6) is 0 Å². The fourth-order valence-electron chi connectivity index (χ4n) is 0.640.